The molecule has 3 heterocycles. The minimum Gasteiger partial charge on any atom is -0.349 e. The van der Waals surface area contributed by atoms with Crippen molar-refractivity contribution in [3.63, 3.8) is 0 Å². The van der Waals surface area contributed by atoms with E-state index < -0.39 is 23.3 Å². The van der Waals surface area contributed by atoms with Gasteiger partial charge in [0.1, 0.15) is 0 Å². The SMILES string of the molecule is CCn1cc(NC(=O)CN2[C@H]3CCCCC(=O)N[C@@]3(C)C[C@H]2c2cccc(C(F)(F)F)c2)c(C)n1. The highest BCUT2D eigenvalue weighted by Crippen LogP contribution is 2.45. The molecule has 2 aromatic rings. The molecular weight excluding hydrogens is 459 g/mol. The Balaban J connectivity index is 1.66. The van der Waals surface area contributed by atoms with Crippen molar-refractivity contribution in [2.24, 2.45) is 0 Å². The molecule has 1 aromatic carbocycles. The van der Waals surface area contributed by atoms with Crippen LogP contribution in [-0.4, -0.2) is 44.6 Å². The predicted molar refractivity (Wildman–Crippen MR) is 126 cm³/mol. The second kappa shape index (κ2) is 9.64. The molecule has 3 atom stereocenters. The van der Waals surface area contributed by atoms with E-state index in [4.69, 9.17) is 0 Å². The Hall–Kier alpha value is -2.88. The summed E-state index contributed by atoms with van der Waals surface area (Å²) in [5.41, 5.74) is 0.421. The third-order valence-corrected chi connectivity index (χ3v) is 7.18. The van der Waals surface area contributed by atoms with Crippen LogP contribution in [0.25, 0.3) is 0 Å². The fraction of sp³-hybridized carbons (Fsp3) is 0.560. The standard InChI is InChI=1S/C25H32F3N5O2/c1-4-32-14-19(16(2)31-32)29-23(35)15-33-20(17-8-7-9-18(12-17)25(26,27)28)13-24(3)21(33)10-5-6-11-22(34)30-24/h7-9,12,14,20-21H,4-6,10-11,13,15H2,1-3H3,(H,29,35)(H,30,34)/t20-,21-,24-/m0/s1. The molecule has 0 aliphatic carbocycles. The number of likely N-dealkylation sites (tertiary alicyclic amines) is 1. The molecule has 2 fully saturated rings. The third-order valence-electron chi connectivity index (χ3n) is 7.18. The Labute approximate surface area is 203 Å². The van der Waals surface area contributed by atoms with Crippen molar-refractivity contribution in [2.75, 3.05) is 11.9 Å². The fourth-order valence-electron chi connectivity index (χ4n) is 5.47. The van der Waals surface area contributed by atoms with Crippen LogP contribution in [0.1, 0.15) is 68.8 Å². The largest absolute Gasteiger partial charge is 0.416 e. The summed E-state index contributed by atoms with van der Waals surface area (Å²) < 4.78 is 42.1. The summed E-state index contributed by atoms with van der Waals surface area (Å²) in [5, 5.41) is 10.4. The molecule has 2 amide bonds. The number of benzene rings is 1. The van der Waals surface area contributed by atoms with Crippen molar-refractivity contribution in [2.45, 2.75) is 83.2 Å². The molecule has 0 saturated carbocycles. The van der Waals surface area contributed by atoms with Gasteiger partial charge in [-0.3, -0.25) is 19.2 Å². The molecular formula is C25H32F3N5O2. The van der Waals surface area contributed by atoms with Crippen LogP contribution in [0.5, 0.6) is 0 Å². The van der Waals surface area contributed by atoms with Crippen molar-refractivity contribution < 1.29 is 22.8 Å². The van der Waals surface area contributed by atoms with Crippen LogP contribution >= 0.6 is 0 Å². The Morgan fingerprint density at radius 2 is 2.09 bits per heavy atom. The molecule has 1 aromatic heterocycles. The smallest absolute Gasteiger partial charge is 0.349 e. The van der Waals surface area contributed by atoms with Crippen molar-refractivity contribution in [1.29, 1.82) is 0 Å². The van der Waals surface area contributed by atoms with Crippen molar-refractivity contribution in [3.8, 4) is 0 Å². The number of aromatic nitrogens is 2. The molecule has 0 radical (unpaired) electrons. The van der Waals surface area contributed by atoms with E-state index >= 15 is 0 Å². The summed E-state index contributed by atoms with van der Waals surface area (Å²) in [4.78, 5) is 27.6. The van der Waals surface area contributed by atoms with Crippen molar-refractivity contribution in [3.05, 3.63) is 47.3 Å². The number of carbonyl (C=O) groups is 2. The van der Waals surface area contributed by atoms with Crippen LogP contribution in [0.4, 0.5) is 18.9 Å². The van der Waals surface area contributed by atoms with Gasteiger partial charge in [0.05, 0.1) is 29.0 Å². The zero-order valence-corrected chi connectivity index (χ0v) is 20.3. The lowest BCUT2D eigenvalue weighted by molar-refractivity contribution is -0.137. The first-order chi connectivity index (χ1) is 16.5. The van der Waals surface area contributed by atoms with Crippen LogP contribution in [0.3, 0.4) is 0 Å². The van der Waals surface area contributed by atoms with Gasteiger partial charge in [-0.05, 0) is 57.7 Å². The predicted octanol–water partition coefficient (Wildman–Crippen LogP) is 4.43. The number of carbonyl (C=O) groups excluding carboxylic acids is 2. The van der Waals surface area contributed by atoms with E-state index in [2.05, 4.69) is 15.7 Å². The number of rotatable bonds is 5. The molecule has 35 heavy (non-hydrogen) atoms. The highest BCUT2D eigenvalue weighted by molar-refractivity contribution is 5.92. The maximum atomic E-state index is 13.5. The first-order valence-corrected chi connectivity index (χ1v) is 12.1. The fourth-order valence-corrected chi connectivity index (χ4v) is 5.47. The molecule has 2 aliphatic rings. The van der Waals surface area contributed by atoms with Crippen LogP contribution in [-0.2, 0) is 22.3 Å². The molecule has 0 unspecified atom stereocenters. The van der Waals surface area contributed by atoms with Gasteiger partial charge >= 0.3 is 6.18 Å². The highest BCUT2D eigenvalue weighted by atomic mass is 19.4. The average Bonchev–Trinajstić information content (AvgIpc) is 3.26. The lowest BCUT2D eigenvalue weighted by atomic mass is 9.85. The molecule has 2 saturated heterocycles. The summed E-state index contributed by atoms with van der Waals surface area (Å²) in [7, 11) is 0. The minimum atomic E-state index is -4.46. The number of nitrogens with zero attached hydrogens (tertiary/aromatic N) is 3. The molecule has 0 spiro atoms. The Bertz CT molecular complexity index is 1100. The molecule has 10 heteroatoms. The van der Waals surface area contributed by atoms with Crippen LogP contribution in [0, 0.1) is 6.92 Å². The zero-order valence-electron chi connectivity index (χ0n) is 20.3. The lowest BCUT2D eigenvalue weighted by Crippen LogP contribution is -2.56. The van der Waals surface area contributed by atoms with E-state index in [0.29, 0.717) is 36.3 Å². The first-order valence-electron chi connectivity index (χ1n) is 12.1. The number of halogens is 3. The number of nitrogens with one attached hydrogen (secondary N) is 2. The molecule has 2 N–H and O–H groups in total. The van der Waals surface area contributed by atoms with Crippen molar-refractivity contribution in [1.82, 2.24) is 20.0 Å². The topological polar surface area (TPSA) is 79.3 Å². The van der Waals surface area contributed by atoms with Gasteiger partial charge in [0, 0.05) is 31.2 Å². The second-order valence-electron chi connectivity index (χ2n) is 9.77. The molecule has 190 valence electrons. The number of anilines is 1. The Morgan fingerprint density at radius 3 is 2.77 bits per heavy atom. The van der Waals surface area contributed by atoms with E-state index in [-0.39, 0.29) is 24.4 Å². The van der Waals surface area contributed by atoms with E-state index in [1.165, 1.54) is 6.07 Å². The average molecular weight is 492 g/mol. The monoisotopic (exact) mass is 491 g/mol. The highest BCUT2D eigenvalue weighted by Gasteiger charge is 2.51. The number of aryl methyl sites for hydroxylation is 2. The maximum absolute atomic E-state index is 13.5. The van der Waals surface area contributed by atoms with Gasteiger partial charge < -0.3 is 10.6 Å². The van der Waals surface area contributed by atoms with Gasteiger partial charge in [-0.15, -0.1) is 0 Å². The quantitative estimate of drug-likeness (QED) is 0.649. The maximum Gasteiger partial charge on any atom is 0.416 e. The van der Waals surface area contributed by atoms with Crippen molar-refractivity contribution >= 4 is 17.5 Å². The number of fused-ring (bicyclic) bond motifs is 1. The molecule has 7 nitrogen and oxygen atoms in total. The number of amides is 2. The van der Waals surface area contributed by atoms with E-state index in [1.807, 2.05) is 25.7 Å². The lowest BCUT2D eigenvalue weighted by Gasteiger charge is -2.38. The van der Waals surface area contributed by atoms with Gasteiger partial charge in [-0.1, -0.05) is 18.6 Å². The third kappa shape index (κ3) is 5.37. The number of alkyl halides is 3. The Morgan fingerprint density at radius 1 is 1.31 bits per heavy atom. The summed E-state index contributed by atoms with van der Waals surface area (Å²) in [6, 6.07) is 4.66. The summed E-state index contributed by atoms with van der Waals surface area (Å²) in [6.45, 7) is 6.36. The molecule has 0 bridgehead atoms. The van der Waals surface area contributed by atoms with Crippen LogP contribution in [0.15, 0.2) is 30.5 Å². The van der Waals surface area contributed by atoms with E-state index in [0.717, 1.165) is 31.4 Å². The zero-order chi connectivity index (χ0) is 25.4. The summed E-state index contributed by atoms with van der Waals surface area (Å²) in [6.07, 6.45) is 0.440. The van der Waals surface area contributed by atoms with E-state index in [9.17, 15) is 22.8 Å². The normalized spacial score (nSPS) is 25.5. The first kappa shape index (κ1) is 25.2. The van der Waals surface area contributed by atoms with Crippen LogP contribution < -0.4 is 10.6 Å². The summed E-state index contributed by atoms with van der Waals surface area (Å²) in [5.74, 6) is -0.327. The second-order valence-corrected chi connectivity index (χ2v) is 9.77. The van der Waals surface area contributed by atoms with Gasteiger partial charge in [0.25, 0.3) is 0 Å². The number of hydrogen-bond acceptors (Lipinski definition) is 4. The van der Waals surface area contributed by atoms with E-state index in [1.54, 1.807) is 16.9 Å². The minimum absolute atomic E-state index is 0.00617. The van der Waals surface area contributed by atoms with Gasteiger partial charge in [0.2, 0.25) is 11.8 Å². The van der Waals surface area contributed by atoms with Crippen LogP contribution in [0.2, 0.25) is 0 Å². The molecule has 2 aliphatic heterocycles. The molecule has 4 rings (SSSR count). The van der Waals surface area contributed by atoms with Gasteiger partial charge in [-0.25, -0.2) is 0 Å². The Kier molecular flexibility index (Phi) is 6.95. The summed E-state index contributed by atoms with van der Waals surface area (Å²) >= 11 is 0. The van der Waals surface area contributed by atoms with Gasteiger partial charge in [-0.2, -0.15) is 18.3 Å². The van der Waals surface area contributed by atoms with Gasteiger partial charge in [0.15, 0.2) is 0 Å². The number of hydrogen-bond donors (Lipinski definition) is 2.